The zero-order chi connectivity index (χ0) is 30.9. The lowest BCUT2D eigenvalue weighted by Crippen LogP contribution is -2.29. The number of rotatable bonds is 8. The van der Waals surface area contributed by atoms with Gasteiger partial charge in [0.25, 0.3) is 0 Å². The molecule has 0 bridgehead atoms. The molecule has 36 heavy (non-hydrogen) atoms. The molecule has 0 aliphatic heterocycles. The fourth-order valence-electron chi connectivity index (χ4n) is 0.764. The van der Waals surface area contributed by atoms with Crippen LogP contribution in [-0.2, 0) is 4.74 Å². The van der Waals surface area contributed by atoms with Crippen LogP contribution in [0.5, 0.6) is 0 Å². The van der Waals surface area contributed by atoms with Crippen LogP contribution in [0.2, 0.25) is 0 Å². The van der Waals surface area contributed by atoms with E-state index in [1.165, 1.54) is 6.08 Å². The molecule has 8 nitrogen and oxygen atoms in total. The maximum Gasteiger partial charge on any atom is 0.0779 e. The van der Waals surface area contributed by atoms with E-state index in [-0.39, 0.29) is 18.8 Å². The van der Waals surface area contributed by atoms with Crippen LogP contribution < -0.4 is 0 Å². The van der Waals surface area contributed by atoms with Crippen LogP contribution in [0.3, 0.4) is 0 Å². The van der Waals surface area contributed by atoms with E-state index < -0.39 is 22.9 Å². The highest BCUT2D eigenvalue weighted by molar-refractivity contribution is 4.86. The maximum atomic E-state index is 9.40. The highest BCUT2D eigenvalue weighted by Crippen LogP contribution is 2.18. The third kappa shape index (κ3) is 58.9. The van der Waals surface area contributed by atoms with Crippen molar-refractivity contribution >= 4 is 0 Å². The molecule has 0 radical (unpaired) electrons. The second-order valence-corrected chi connectivity index (χ2v) is 10.8. The van der Waals surface area contributed by atoms with Crippen molar-refractivity contribution in [2.75, 3.05) is 20.3 Å². The first-order valence-corrected chi connectivity index (χ1v) is 12.7. The van der Waals surface area contributed by atoms with Crippen molar-refractivity contribution in [3.8, 4) is 0 Å². The smallest absolute Gasteiger partial charge is 0.0779 e. The third-order valence-corrected chi connectivity index (χ3v) is 4.75. The van der Waals surface area contributed by atoms with Crippen molar-refractivity contribution in [1.29, 1.82) is 0 Å². The minimum atomic E-state index is -0.694. The molecule has 0 saturated carbocycles. The average molecular weight is 531 g/mol. The van der Waals surface area contributed by atoms with Crippen LogP contribution >= 0.6 is 0 Å². The third-order valence-electron chi connectivity index (χ3n) is 4.75. The topological polar surface area (TPSA) is 151 Å². The minimum absolute atomic E-state index is 0.00667. The lowest BCUT2D eigenvalue weighted by atomic mass is 9.90. The fourth-order valence-corrected chi connectivity index (χ4v) is 0.764. The second-order valence-electron chi connectivity index (χ2n) is 10.8. The predicted molar refractivity (Wildman–Crippen MR) is 153 cm³/mol. The van der Waals surface area contributed by atoms with Crippen molar-refractivity contribution in [2.45, 2.75) is 138 Å². The summed E-state index contributed by atoms with van der Waals surface area (Å²) in [4.78, 5) is 0. The summed E-state index contributed by atoms with van der Waals surface area (Å²) >= 11 is 0. The molecule has 0 aliphatic carbocycles. The molecule has 0 aliphatic rings. The molecule has 226 valence electrons. The van der Waals surface area contributed by atoms with Gasteiger partial charge < -0.3 is 40.5 Å². The summed E-state index contributed by atoms with van der Waals surface area (Å²) in [6.45, 7) is 29.5. The van der Waals surface area contributed by atoms with Crippen molar-refractivity contribution in [3.63, 3.8) is 0 Å². The SMILES string of the molecule is C=CC(C)(C)O.CC(C)C(C)(C)O.CC(C)O.CC(O)COC(C)CO.CCC(C)(O)C(C)C.CO. The molecule has 0 aromatic carbocycles. The van der Waals surface area contributed by atoms with Gasteiger partial charge in [0.05, 0.1) is 42.2 Å². The van der Waals surface area contributed by atoms with Gasteiger partial charge >= 0.3 is 0 Å². The molecule has 0 fully saturated rings. The van der Waals surface area contributed by atoms with E-state index in [4.69, 9.17) is 35.4 Å². The quantitative estimate of drug-likeness (QED) is 0.233. The molecular formula is C28H66O8. The molecule has 0 heterocycles. The lowest BCUT2D eigenvalue weighted by molar-refractivity contribution is -0.0177. The van der Waals surface area contributed by atoms with Crippen molar-refractivity contribution in [1.82, 2.24) is 0 Å². The first-order valence-electron chi connectivity index (χ1n) is 12.7. The molecule has 0 saturated heterocycles. The number of hydrogen-bond acceptors (Lipinski definition) is 8. The van der Waals surface area contributed by atoms with Gasteiger partial charge in [-0.2, -0.15) is 0 Å². The van der Waals surface area contributed by atoms with Gasteiger partial charge in [-0.15, -0.1) is 6.58 Å². The van der Waals surface area contributed by atoms with Crippen LogP contribution in [0, 0.1) is 11.8 Å². The standard InChI is InChI=1S/C7H16O.C6H14O3.C6H14O.C5H10O.C3H8O.CH4O/c1-5-7(4,8)6(2)3;1-5(8)4-9-6(2)3-7;1-5(2)6(3,4)7;1-4-5(2,3)6;1-3(2)4;1-2/h6,8H,5H2,1-4H3;5-8H,3-4H2,1-2H3;5,7H,1-4H3;4,6H,1H2,2-3H3;3-4H,1-2H3;2H,1H3. The molecule has 8 heteroatoms. The summed E-state index contributed by atoms with van der Waals surface area (Å²) in [5.41, 5.74) is -1.65. The van der Waals surface area contributed by atoms with Gasteiger partial charge in [0.2, 0.25) is 0 Å². The monoisotopic (exact) mass is 530 g/mol. The van der Waals surface area contributed by atoms with Gasteiger partial charge in [0.1, 0.15) is 0 Å². The Morgan fingerprint density at radius 1 is 0.778 bits per heavy atom. The van der Waals surface area contributed by atoms with Gasteiger partial charge in [-0.1, -0.05) is 40.7 Å². The molecule has 0 amide bonds. The zero-order valence-electron chi connectivity index (χ0n) is 26.3. The van der Waals surface area contributed by atoms with Crippen molar-refractivity contribution < 1.29 is 40.5 Å². The van der Waals surface area contributed by atoms with E-state index >= 15 is 0 Å². The predicted octanol–water partition coefficient (Wildman–Crippen LogP) is 3.92. The summed E-state index contributed by atoms with van der Waals surface area (Å²) in [5, 5.41) is 59.4. The Bertz CT molecular complexity index is 417. The number of hydrogen-bond donors (Lipinski definition) is 7. The molecule has 0 aromatic heterocycles. The highest BCUT2D eigenvalue weighted by atomic mass is 16.5. The Kier molecular flexibility index (Phi) is 37.0. The Balaban J connectivity index is -0.0000000782. The lowest BCUT2D eigenvalue weighted by Gasteiger charge is -2.25. The van der Waals surface area contributed by atoms with E-state index in [0.29, 0.717) is 18.4 Å². The maximum absolute atomic E-state index is 9.40. The number of aliphatic hydroxyl groups excluding tert-OH is 4. The molecule has 0 rings (SSSR count). The van der Waals surface area contributed by atoms with Crippen LogP contribution in [0.1, 0.15) is 103 Å². The van der Waals surface area contributed by atoms with Gasteiger partial charge in [-0.25, -0.2) is 0 Å². The highest BCUT2D eigenvalue weighted by Gasteiger charge is 2.21. The first-order chi connectivity index (χ1) is 15.9. The molecule has 3 unspecified atom stereocenters. The summed E-state index contributed by atoms with van der Waals surface area (Å²) in [7, 11) is 1.00. The molecule has 0 spiro atoms. The molecule has 3 atom stereocenters. The van der Waals surface area contributed by atoms with Crippen molar-refractivity contribution in [2.24, 2.45) is 11.8 Å². The Morgan fingerprint density at radius 3 is 1.14 bits per heavy atom. The van der Waals surface area contributed by atoms with E-state index in [0.717, 1.165) is 13.5 Å². The van der Waals surface area contributed by atoms with E-state index in [9.17, 15) is 5.11 Å². The fraction of sp³-hybridized carbons (Fsp3) is 0.929. The van der Waals surface area contributed by atoms with Crippen LogP contribution in [0.25, 0.3) is 0 Å². The van der Waals surface area contributed by atoms with Gasteiger partial charge in [-0.3, -0.25) is 0 Å². The van der Waals surface area contributed by atoms with Gasteiger partial charge in [0, 0.05) is 13.2 Å². The average Bonchev–Trinajstić information content (AvgIpc) is 2.73. The van der Waals surface area contributed by atoms with Gasteiger partial charge in [0.15, 0.2) is 0 Å². The Hall–Kier alpha value is -0.580. The van der Waals surface area contributed by atoms with E-state index in [1.807, 2.05) is 55.4 Å². The van der Waals surface area contributed by atoms with Crippen molar-refractivity contribution in [3.05, 3.63) is 12.7 Å². The summed E-state index contributed by atoms with van der Waals surface area (Å²) < 4.78 is 4.95. The summed E-state index contributed by atoms with van der Waals surface area (Å²) in [6, 6.07) is 0. The van der Waals surface area contributed by atoms with E-state index in [2.05, 4.69) is 6.58 Å². The first kappa shape index (κ1) is 48.5. The molecule has 0 aromatic rings. The van der Waals surface area contributed by atoms with Crippen LogP contribution in [0.15, 0.2) is 12.7 Å². The van der Waals surface area contributed by atoms with Gasteiger partial charge in [-0.05, 0) is 80.6 Å². The zero-order valence-corrected chi connectivity index (χ0v) is 26.3. The minimum Gasteiger partial charge on any atom is -0.400 e. The van der Waals surface area contributed by atoms with E-state index in [1.54, 1.807) is 41.5 Å². The second kappa shape index (κ2) is 27.5. The Morgan fingerprint density at radius 2 is 1.06 bits per heavy atom. The Labute approximate surface area is 224 Å². The summed E-state index contributed by atoms with van der Waals surface area (Å²) in [5.74, 6) is 0.722. The largest absolute Gasteiger partial charge is 0.400 e. The molecule has 7 N–H and O–H groups in total. The van der Waals surface area contributed by atoms with Crippen LogP contribution in [0.4, 0.5) is 0 Å². The van der Waals surface area contributed by atoms with Crippen LogP contribution in [-0.4, -0.2) is 91.2 Å². The normalized spacial score (nSPS) is 14.0. The number of aliphatic hydroxyl groups is 7. The molecular weight excluding hydrogens is 464 g/mol. The summed E-state index contributed by atoms with van der Waals surface area (Å²) in [6.07, 6.45) is 1.55. The number of ether oxygens (including phenoxy) is 1.